The molecule has 0 saturated heterocycles. The number of rotatable bonds is 12. The molecule has 3 heteroatoms. The molecule has 136 valence electrons. The molecule has 1 aromatic rings. The van der Waals surface area contributed by atoms with Crippen molar-refractivity contribution in [3.63, 3.8) is 0 Å². The molecule has 0 aliphatic rings. The summed E-state index contributed by atoms with van der Waals surface area (Å²) >= 11 is 0. The van der Waals surface area contributed by atoms with Gasteiger partial charge in [-0.3, -0.25) is 4.79 Å². The molecule has 0 saturated carbocycles. The van der Waals surface area contributed by atoms with Crippen LogP contribution in [-0.2, 0) is 28.8 Å². The average Bonchev–Trinajstić information content (AvgIpc) is 2.58. The van der Waals surface area contributed by atoms with Gasteiger partial charge in [-0.05, 0) is 55.2 Å². The Morgan fingerprint density at radius 3 is 1.96 bits per heavy atom. The second-order valence-corrected chi connectivity index (χ2v) is 6.54. The summed E-state index contributed by atoms with van der Waals surface area (Å²) in [5.41, 5.74) is 3.19. The minimum atomic E-state index is -0.123. The third-order valence-electron chi connectivity index (χ3n) is 4.31. The topological polar surface area (TPSA) is 46.5 Å². The quantitative estimate of drug-likeness (QED) is 0.414. The molecule has 1 aromatic carbocycles. The first-order valence-electron chi connectivity index (χ1n) is 9.61. The summed E-state index contributed by atoms with van der Waals surface area (Å²) in [6.45, 7) is 6.92. The van der Waals surface area contributed by atoms with E-state index < -0.39 is 0 Å². The summed E-state index contributed by atoms with van der Waals surface area (Å²) in [6.07, 6.45) is 9.22. The van der Waals surface area contributed by atoms with Gasteiger partial charge in [0, 0.05) is 6.42 Å². The Morgan fingerprint density at radius 2 is 1.46 bits per heavy atom. The van der Waals surface area contributed by atoms with Crippen LogP contribution in [0, 0.1) is 0 Å². The molecule has 0 amide bonds. The molecule has 0 aromatic heterocycles. The largest absolute Gasteiger partial charge is 0.507 e. The molecule has 0 spiro atoms. The van der Waals surface area contributed by atoms with E-state index in [1.165, 1.54) is 0 Å². The first-order chi connectivity index (χ1) is 11.6. The fraction of sp³-hybridized carbons (Fsp3) is 0.667. The van der Waals surface area contributed by atoms with Crippen LogP contribution in [0.2, 0.25) is 0 Å². The minimum Gasteiger partial charge on any atom is -0.507 e. The lowest BCUT2D eigenvalue weighted by molar-refractivity contribution is -0.143. The highest BCUT2D eigenvalue weighted by Gasteiger charge is 2.11. The molecule has 1 rings (SSSR count). The second kappa shape index (κ2) is 11.9. The van der Waals surface area contributed by atoms with E-state index in [0.29, 0.717) is 25.2 Å². The van der Waals surface area contributed by atoms with Crippen LogP contribution >= 0.6 is 0 Å². The molecule has 0 aliphatic heterocycles. The first-order valence-corrected chi connectivity index (χ1v) is 9.61. The standard InChI is InChI=1S/C21H34O3/c1-4-7-10-18-15-17(12-13-20(22)24-14-9-6-3)16-19(21(18)23)11-8-5-2/h15-16,23H,4-14H2,1-3H3. The molecular weight excluding hydrogens is 300 g/mol. The van der Waals surface area contributed by atoms with Gasteiger partial charge in [0.15, 0.2) is 0 Å². The highest BCUT2D eigenvalue weighted by molar-refractivity contribution is 5.69. The molecule has 1 N–H and O–H groups in total. The fourth-order valence-corrected chi connectivity index (χ4v) is 2.74. The molecule has 0 fully saturated rings. The first kappa shape index (κ1) is 20.5. The predicted octanol–water partition coefficient (Wildman–Crippen LogP) is 5.35. The maximum atomic E-state index is 11.8. The zero-order valence-corrected chi connectivity index (χ0v) is 15.7. The number of unbranched alkanes of at least 4 members (excludes halogenated alkanes) is 3. The Hall–Kier alpha value is -1.51. The SMILES string of the molecule is CCCCOC(=O)CCc1cc(CCCC)c(O)c(CCCC)c1. The maximum Gasteiger partial charge on any atom is 0.306 e. The van der Waals surface area contributed by atoms with Crippen LogP contribution in [-0.4, -0.2) is 17.7 Å². The lowest BCUT2D eigenvalue weighted by Gasteiger charge is -2.13. The summed E-state index contributed by atoms with van der Waals surface area (Å²) in [5, 5.41) is 10.5. The molecule has 0 heterocycles. The van der Waals surface area contributed by atoms with Gasteiger partial charge in [0.05, 0.1) is 6.61 Å². The Labute approximate surface area is 147 Å². The fourth-order valence-electron chi connectivity index (χ4n) is 2.74. The zero-order valence-electron chi connectivity index (χ0n) is 15.7. The van der Waals surface area contributed by atoms with Crippen LogP contribution in [0.3, 0.4) is 0 Å². The molecule has 0 bridgehead atoms. The summed E-state index contributed by atoms with van der Waals surface area (Å²) < 4.78 is 5.23. The van der Waals surface area contributed by atoms with Gasteiger partial charge in [-0.15, -0.1) is 0 Å². The van der Waals surface area contributed by atoms with E-state index in [0.717, 1.165) is 68.1 Å². The predicted molar refractivity (Wildman–Crippen MR) is 99.5 cm³/mol. The highest BCUT2D eigenvalue weighted by Crippen LogP contribution is 2.28. The molecule has 0 radical (unpaired) electrons. The van der Waals surface area contributed by atoms with E-state index in [4.69, 9.17) is 4.74 Å². The van der Waals surface area contributed by atoms with E-state index >= 15 is 0 Å². The molecule has 0 unspecified atom stereocenters. The Morgan fingerprint density at radius 1 is 0.917 bits per heavy atom. The Bertz CT molecular complexity index is 465. The van der Waals surface area contributed by atoms with E-state index in [9.17, 15) is 9.90 Å². The number of benzene rings is 1. The number of hydrogen-bond donors (Lipinski definition) is 1. The van der Waals surface area contributed by atoms with Crippen molar-refractivity contribution in [2.24, 2.45) is 0 Å². The third kappa shape index (κ3) is 7.37. The summed E-state index contributed by atoms with van der Waals surface area (Å²) in [7, 11) is 0. The van der Waals surface area contributed by atoms with Gasteiger partial charge in [-0.1, -0.05) is 52.2 Å². The van der Waals surface area contributed by atoms with Crippen LogP contribution in [0.15, 0.2) is 12.1 Å². The van der Waals surface area contributed by atoms with Gasteiger partial charge in [0.25, 0.3) is 0 Å². The van der Waals surface area contributed by atoms with Gasteiger partial charge in [0.1, 0.15) is 5.75 Å². The molecule has 24 heavy (non-hydrogen) atoms. The number of hydrogen-bond acceptors (Lipinski definition) is 3. The van der Waals surface area contributed by atoms with Crippen molar-refractivity contribution in [3.05, 3.63) is 28.8 Å². The van der Waals surface area contributed by atoms with E-state index in [1.807, 2.05) is 0 Å². The number of carbonyl (C=O) groups excluding carboxylic acids is 1. The van der Waals surface area contributed by atoms with Crippen LogP contribution < -0.4 is 0 Å². The van der Waals surface area contributed by atoms with Gasteiger partial charge < -0.3 is 9.84 Å². The summed E-state index contributed by atoms with van der Waals surface area (Å²) in [6, 6.07) is 4.14. The van der Waals surface area contributed by atoms with Crippen LogP contribution in [0.25, 0.3) is 0 Å². The second-order valence-electron chi connectivity index (χ2n) is 6.54. The van der Waals surface area contributed by atoms with Crippen molar-refractivity contribution in [2.75, 3.05) is 6.61 Å². The van der Waals surface area contributed by atoms with Crippen molar-refractivity contribution in [1.82, 2.24) is 0 Å². The Balaban J connectivity index is 2.75. The number of phenolic OH excluding ortho intramolecular Hbond substituents is 1. The van der Waals surface area contributed by atoms with Crippen molar-refractivity contribution < 1.29 is 14.6 Å². The third-order valence-corrected chi connectivity index (χ3v) is 4.31. The van der Waals surface area contributed by atoms with Gasteiger partial charge in [-0.25, -0.2) is 0 Å². The molecular formula is C21H34O3. The van der Waals surface area contributed by atoms with Crippen molar-refractivity contribution >= 4 is 5.97 Å². The number of aromatic hydroxyl groups is 1. The number of carbonyl (C=O) groups is 1. The Kier molecular flexibility index (Phi) is 10.2. The van der Waals surface area contributed by atoms with Crippen molar-refractivity contribution in [2.45, 2.75) is 85.0 Å². The number of phenols is 1. The monoisotopic (exact) mass is 334 g/mol. The van der Waals surface area contributed by atoms with Crippen molar-refractivity contribution in [3.8, 4) is 5.75 Å². The van der Waals surface area contributed by atoms with Crippen LogP contribution in [0.5, 0.6) is 5.75 Å². The normalized spacial score (nSPS) is 10.8. The average molecular weight is 335 g/mol. The maximum absolute atomic E-state index is 11.8. The van der Waals surface area contributed by atoms with Crippen LogP contribution in [0.1, 0.15) is 82.4 Å². The lowest BCUT2D eigenvalue weighted by atomic mass is 9.95. The summed E-state index contributed by atoms with van der Waals surface area (Å²) in [4.78, 5) is 11.8. The van der Waals surface area contributed by atoms with Crippen molar-refractivity contribution in [1.29, 1.82) is 0 Å². The molecule has 0 atom stereocenters. The van der Waals surface area contributed by atoms with E-state index in [-0.39, 0.29) is 5.97 Å². The minimum absolute atomic E-state index is 0.123. The van der Waals surface area contributed by atoms with Gasteiger partial charge >= 0.3 is 5.97 Å². The number of aryl methyl sites for hydroxylation is 3. The zero-order chi connectivity index (χ0) is 17.8. The smallest absolute Gasteiger partial charge is 0.306 e. The van der Waals surface area contributed by atoms with E-state index in [2.05, 4.69) is 32.9 Å². The van der Waals surface area contributed by atoms with Gasteiger partial charge in [-0.2, -0.15) is 0 Å². The lowest BCUT2D eigenvalue weighted by Crippen LogP contribution is -2.07. The van der Waals surface area contributed by atoms with Gasteiger partial charge in [0.2, 0.25) is 0 Å². The van der Waals surface area contributed by atoms with Crippen LogP contribution in [0.4, 0.5) is 0 Å². The van der Waals surface area contributed by atoms with E-state index in [1.54, 1.807) is 0 Å². The number of ether oxygens (including phenoxy) is 1. The summed E-state index contributed by atoms with van der Waals surface area (Å²) in [5.74, 6) is 0.341. The highest BCUT2D eigenvalue weighted by atomic mass is 16.5. The number of esters is 1. The molecule has 3 nitrogen and oxygen atoms in total. The molecule has 0 aliphatic carbocycles.